The maximum atomic E-state index is 11.8. The van der Waals surface area contributed by atoms with E-state index in [-0.39, 0.29) is 77.1 Å². The largest absolute Gasteiger partial charge is 1.00 e. The van der Waals surface area contributed by atoms with Gasteiger partial charge in [-0.2, -0.15) is 0 Å². The van der Waals surface area contributed by atoms with Gasteiger partial charge in [-0.05, 0) is 19.9 Å². The third-order valence-electron chi connectivity index (χ3n) is 2.59. The van der Waals surface area contributed by atoms with Crippen LogP contribution in [0.1, 0.15) is 39.5 Å². The zero-order valence-electron chi connectivity index (χ0n) is 14.0. The summed E-state index contributed by atoms with van der Waals surface area (Å²) in [7, 11) is 1.46. The Bertz CT molecular complexity index is 392. The van der Waals surface area contributed by atoms with Crippen molar-refractivity contribution in [1.82, 2.24) is 10.6 Å². The Balaban J connectivity index is -0.00000128. The molecule has 0 aliphatic carbocycles. The van der Waals surface area contributed by atoms with Crippen LogP contribution < -0.4 is 62.0 Å². The van der Waals surface area contributed by atoms with Gasteiger partial charge in [0.1, 0.15) is 0 Å². The van der Waals surface area contributed by atoms with Gasteiger partial charge in [-0.3, -0.25) is 14.4 Å². The molecule has 0 aromatic rings. The number of hydrogen-bond donors (Lipinski definition) is 4. The molecule has 0 rings (SSSR count). The van der Waals surface area contributed by atoms with Gasteiger partial charge in [0.2, 0.25) is 5.91 Å². The molecule has 2 amide bonds. The predicted molar refractivity (Wildman–Crippen MR) is 79.2 cm³/mol. The molecular formula is C13H24KN3O6. The van der Waals surface area contributed by atoms with Gasteiger partial charge in [0, 0.05) is 12.8 Å². The summed E-state index contributed by atoms with van der Waals surface area (Å²) in [4.78, 5) is 43.7. The van der Waals surface area contributed by atoms with Crippen LogP contribution in [0, 0.1) is 0 Å². The minimum Gasteiger partial charge on any atom is -0.666 e. The van der Waals surface area contributed by atoms with Gasteiger partial charge < -0.3 is 31.4 Å². The van der Waals surface area contributed by atoms with E-state index in [1.807, 2.05) is 13.8 Å². The molecule has 0 aliphatic rings. The number of nitrogens with one attached hydrogen (secondary N) is 3. The summed E-state index contributed by atoms with van der Waals surface area (Å²) >= 11 is 0. The van der Waals surface area contributed by atoms with E-state index in [2.05, 4.69) is 10.6 Å². The smallest absolute Gasteiger partial charge is 0.666 e. The van der Waals surface area contributed by atoms with Crippen molar-refractivity contribution in [1.29, 1.82) is 0 Å². The maximum Gasteiger partial charge on any atom is 1.00 e. The van der Waals surface area contributed by atoms with E-state index in [4.69, 9.17) is 15.9 Å². The van der Waals surface area contributed by atoms with E-state index >= 15 is 0 Å². The topological polar surface area (TPSA) is 157 Å². The molecule has 0 aromatic heterocycles. The molecule has 0 saturated carbocycles. The molecule has 0 bridgehead atoms. The van der Waals surface area contributed by atoms with Gasteiger partial charge in [0.05, 0.1) is 18.0 Å². The molecule has 2 unspecified atom stereocenters. The second kappa shape index (κ2) is 16.3. The Hall–Kier alpha value is -0.524. The molecule has 0 aliphatic heterocycles. The summed E-state index contributed by atoms with van der Waals surface area (Å²) in [5, 5.41) is 21.9. The summed E-state index contributed by atoms with van der Waals surface area (Å²) in [5.41, 5.74) is 6.98. The van der Waals surface area contributed by atoms with Crippen molar-refractivity contribution < 1.29 is 80.8 Å². The Morgan fingerprint density at radius 1 is 0.957 bits per heavy atom. The van der Waals surface area contributed by atoms with Crippen LogP contribution in [0.3, 0.4) is 0 Å². The predicted octanol–water partition coefficient (Wildman–Crippen LogP) is -2.60. The third kappa shape index (κ3) is 14.8. The number of amides is 2. The van der Waals surface area contributed by atoms with Crippen LogP contribution >= 0.6 is 0 Å². The Labute approximate surface area is 178 Å². The van der Waals surface area contributed by atoms with Crippen molar-refractivity contribution in [3.05, 3.63) is 5.73 Å². The molecule has 0 fully saturated rings. The third-order valence-corrected chi connectivity index (χ3v) is 2.59. The molecule has 0 saturated heterocycles. The average Bonchev–Trinajstić information content (AvgIpc) is 2.45. The quantitative estimate of drug-likeness (QED) is 0.312. The molecule has 2 atom stereocenters. The number of aliphatic carboxylic acids is 2. The number of carboxylic acid groups (broad SMARTS) is 2. The van der Waals surface area contributed by atoms with Crippen molar-refractivity contribution in [2.24, 2.45) is 0 Å². The Morgan fingerprint density at radius 3 is 1.65 bits per heavy atom. The molecule has 0 aromatic carbocycles. The summed E-state index contributed by atoms with van der Waals surface area (Å²) in [6, 6.07) is -2.03. The standard InChI is InChI=1S/C11H19N3O6.C2H6.K/c1-13-7(3-5-9(17)18)11(20)14-6(10(12)19)2-4-8(15)16;1-2;/h6-7,13H,2-5H2,1H3,(H5,12,14,15,16,17,18,19,20);1-2H3;/q;;+1/p-1. The number of rotatable bonds is 10. The van der Waals surface area contributed by atoms with Crippen molar-refractivity contribution in [3.8, 4) is 0 Å². The zero-order valence-corrected chi connectivity index (χ0v) is 17.1. The maximum absolute atomic E-state index is 11.8. The fourth-order valence-electron chi connectivity index (χ4n) is 1.48. The number of carboxylic acids is 2. The van der Waals surface area contributed by atoms with E-state index in [1.54, 1.807) is 0 Å². The normalized spacial score (nSPS) is 11.8. The van der Waals surface area contributed by atoms with Gasteiger partial charge in [-0.1, -0.05) is 13.8 Å². The van der Waals surface area contributed by atoms with Crippen LogP contribution in [0.2, 0.25) is 0 Å². The number of hydrogen-bond acceptors (Lipinski definition) is 5. The van der Waals surface area contributed by atoms with Crippen LogP contribution in [0.15, 0.2) is 0 Å². The molecule has 10 heteroatoms. The van der Waals surface area contributed by atoms with Gasteiger partial charge in [0.25, 0.3) is 0 Å². The van der Waals surface area contributed by atoms with Crippen LogP contribution in [0.25, 0.3) is 5.73 Å². The van der Waals surface area contributed by atoms with Gasteiger partial charge in [0.15, 0.2) is 0 Å². The number of carbonyl (C=O) groups is 4. The molecule has 0 spiro atoms. The fourth-order valence-corrected chi connectivity index (χ4v) is 1.48. The van der Waals surface area contributed by atoms with Crippen molar-refractivity contribution in [3.63, 3.8) is 0 Å². The van der Waals surface area contributed by atoms with E-state index in [0.29, 0.717) is 0 Å². The Kier molecular flexibility index (Phi) is 19.4. The molecule has 0 radical (unpaired) electrons. The van der Waals surface area contributed by atoms with E-state index in [1.165, 1.54) is 7.05 Å². The van der Waals surface area contributed by atoms with E-state index < -0.39 is 35.8 Å². The van der Waals surface area contributed by atoms with Gasteiger partial charge in [-0.15, -0.1) is 0 Å². The second-order valence-electron chi connectivity index (χ2n) is 4.13. The average molecular weight is 357 g/mol. The van der Waals surface area contributed by atoms with Gasteiger partial charge >= 0.3 is 63.3 Å². The number of likely N-dealkylation sites (N-methyl/N-ethyl adjacent to an activating group) is 1. The van der Waals surface area contributed by atoms with E-state index in [9.17, 15) is 19.2 Å². The first kappa shape index (κ1) is 27.3. The van der Waals surface area contributed by atoms with Gasteiger partial charge in [-0.25, -0.2) is 0 Å². The summed E-state index contributed by atoms with van der Waals surface area (Å²) < 4.78 is 0. The molecule has 128 valence electrons. The van der Waals surface area contributed by atoms with Crippen LogP contribution in [0.4, 0.5) is 0 Å². The minimum absolute atomic E-state index is 0. The summed E-state index contributed by atoms with van der Waals surface area (Å²) in [6.07, 6.45) is -0.739. The molecule has 9 nitrogen and oxygen atoms in total. The first-order valence-electron chi connectivity index (χ1n) is 6.94. The first-order chi connectivity index (χ1) is 10.3. The molecule has 23 heavy (non-hydrogen) atoms. The molecule has 0 heterocycles. The van der Waals surface area contributed by atoms with Crippen LogP contribution in [-0.4, -0.2) is 53.1 Å². The monoisotopic (exact) mass is 357 g/mol. The zero-order chi connectivity index (χ0) is 17.7. The van der Waals surface area contributed by atoms with Crippen molar-refractivity contribution in [2.45, 2.75) is 51.6 Å². The SMILES string of the molecule is CC.CNC(CCC(=O)O)C(=O)NC(CCC(=O)O)C([NH-])=O.[K+]. The number of carbonyl (C=O) groups excluding carboxylic acids is 2. The van der Waals surface area contributed by atoms with Crippen molar-refractivity contribution >= 4 is 23.8 Å². The minimum atomic E-state index is -1.21. The first-order valence-corrected chi connectivity index (χ1v) is 6.94. The summed E-state index contributed by atoms with van der Waals surface area (Å²) in [5.74, 6) is -3.92. The second-order valence-corrected chi connectivity index (χ2v) is 4.13. The fraction of sp³-hybridized carbons (Fsp3) is 0.692. The molecule has 5 N–H and O–H groups in total. The van der Waals surface area contributed by atoms with Crippen LogP contribution in [0.5, 0.6) is 0 Å². The summed E-state index contributed by atoms with van der Waals surface area (Å²) in [6.45, 7) is 4.00. The Morgan fingerprint density at radius 2 is 1.35 bits per heavy atom. The van der Waals surface area contributed by atoms with E-state index in [0.717, 1.165) is 0 Å². The molecular weight excluding hydrogens is 333 g/mol. The van der Waals surface area contributed by atoms with Crippen molar-refractivity contribution in [2.75, 3.05) is 7.05 Å². The van der Waals surface area contributed by atoms with Crippen LogP contribution in [-0.2, 0) is 19.2 Å².